The summed E-state index contributed by atoms with van der Waals surface area (Å²) in [6, 6.07) is 0. The number of hydrogen-bond acceptors (Lipinski definition) is 9. The normalized spacial score (nSPS) is 29.3. The van der Waals surface area contributed by atoms with Crippen molar-refractivity contribution in [3.63, 3.8) is 0 Å². The molecule has 1 rings (SSSR count). The van der Waals surface area contributed by atoms with Crippen LogP contribution in [0.5, 0.6) is 0 Å². The summed E-state index contributed by atoms with van der Waals surface area (Å²) in [7, 11) is 0. The van der Waals surface area contributed by atoms with Crippen molar-refractivity contribution in [2.24, 2.45) is 5.92 Å². The lowest BCUT2D eigenvalue weighted by Gasteiger charge is -2.43. The van der Waals surface area contributed by atoms with E-state index in [1.165, 1.54) is 27.7 Å². The molecular weight excluding hydrogens is 324 g/mol. The van der Waals surface area contributed by atoms with Gasteiger partial charge in [-0.3, -0.25) is 19.2 Å². The van der Waals surface area contributed by atoms with E-state index >= 15 is 0 Å². The predicted octanol–water partition coefficient (Wildman–Crippen LogP) is 0.337. The molecule has 1 fully saturated rings. The molecule has 0 aromatic heterocycles. The molecule has 9 heteroatoms. The highest BCUT2D eigenvalue weighted by Crippen LogP contribution is 2.31. The fraction of sp³-hybridized carbons (Fsp3) is 0.733. The Morgan fingerprint density at radius 3 is 1.75 bits per heavy atom. The zero-order chi connectivity index (χ0) is 18.4. The average molecular weight is 346 g/mol. The molecule has 0 spiro atoms. The van der Waals surface area contributed by atoms with E-state index < -0.39 is 54.4 Å². The number of esters is 4. The first-order chi connectivity index (χ1) is 11.1. The lowest BCUT2D eigenvalue weighted by molar-refractivity contribution is -0.285. The molecular formula is C15H22O9. The van der Waals surface area contributed by atoms with E-state index in [4.69, 9.17) is 23.7 Å². The van der Waals surface area contributed by atoms with Gasteiger partial charge >= 0.3 is 23.9 Å². The SMILES string of the molecule is CC(=O)OCC1OC(OC(C)=O)C(OC(C)=O)C(C)C1OC(C)=O. The zero-order valence-electron chi connectivity index (χ0n) is 14.3. The molecule has 0 aliphatic carbocycles. The molecule has 24 heavy (non-hydrogen) atoms. The van der Waals surface area contributed by atoms with Crippen molar-refractivity contribution < 1.29 is 42.9 Å². The van der Waals surface area contributed by atoms with Crippen LogP contribution < -0.4 is 0 Å². The quantitative estimate of drug-likeness (QED) is 0.513. The summed E-state index contributed by atoms with van der Waals surface area (Å²) in [6.07, 6.45) is -3.89. The number of hydrogen-bond donors (Lipinski definition) is 0. The second-order valence-corrected chi connectivity index (χ2v) is 5.46. The van der Waals surface area contributed by atoms with Crippen LogP contribution in [0.15, 0.2) is 0 Å². The highest BCUT2D eigenvalue weighted by Gasteiger charge is 2.49. The maximum absolute atomic E-state index is 11.4. The molecule has 0 N–H and O–H groups in total. The van der Waals surface area contributed by atoms with E-state index in [1.807, 2.05) is 0 Å². The molecule has 136 valence electrons. The second-order valence-electron chi connectivity index (χ2n) is 5.46. The van der Waals surface area contributed by atoms with Crippen molar-refractivity contribution >= 4 is 23.9 Å². The number of rotatable bonds is 5. The molecule has 1 aliphatic rings. The monoisotopic (exact) mass is 346 g/mol. The van der Waals surface area contributed by atoms with Gasteiger partial charge in [0.25, 0.3) is 0 Å². The van der Waals surface area contributed by atoms with Crippen molar-refractivity contribution in [1.82, 2.24) is 0 Å². The molecule has 0 bridgehead atoms. The van der Waals surface area contributed by atoms with Crippen LogP contribution in [0.3, 0.4) is 0 Å². The molecule has 1 aliphatic heterocycles. The van der Waals surface area contributed by atoms with Crippen LogP contribution in [0.2, 0.25) is 0 Å². The van der Waals surface area contributed by atoms with Gasteiger partial charge in [-0.25, -0.2) is 0 Å². The van der Waals surface area contributed by atoms with Gasteiger partial charge in [-0.2, -0.15) is 0 Å². The van der Waals surface area contributed by atoms with Crippen molar-refractivity contribution in [3.8, 4) is 0 Å². The van der Waals surface area contributed by atoms with Crippen LogP contribution in [0.25, 0.3) is 0 Å². The first-order valence-electron chi connectivity index (χ1n) is 7.42. The molecule has 0 aromatic carbocycles. The van der Waals surface area contributed by atoms with E-state index in [0.29, 0.717) is 0 Å². The number of ether oxygens (including phenoxy) is 5. The second kappa shape index (κ2) is 8.62. The Kier molecular flexibility index (Phi) is 7.15. The lowest BCUT2D eigenvalue weighted by Crippen LogP contribution is -2.58. The largest absolute Gasteiger partial charge is 0.463 e. The summed E-state index contributed by atoms with van der Waals surface area (Å²) in [5.74, 6) is -2.92. The van der Waals surface area contributed by atoms with Crippen LogP contribution in [-0.4, -0.2) is 55.1 Å². The maximum Gasteiger partial charge on any atom is 0.305 e. The van der Waals surface area contributed by atoms with Crippen molar-refractivity contribution in [2.45, 2.75) is 59.2 Å². The summed E-state index contributed by atoms with van der Waals surface area (Å²) in [4.78, 5) is 45.0. The van der Waals surface area contributed by atoms with Gasteiger partial charge in [-0.15, -0.1) is 0 Å². The smallest absolute Gasteiger partial charge is 0.305 e. The fourth-order valence-electron chi connectivity index (χ4n) is 2.42. The molecule has 0 saturated carbocycles. The third-order valence-corrected chi connectivity index (χ3v) is 3.32. The van der Waals surface area contributed by atoms with E-state index in [2.05, 4.69) is 0 Å². The number of carbonyl (C=O) groups is 4. The first kappa shape index (κ1) is 19.9. The minimum atomic E-state index is -1.20. The molecule has 1 heterocycles. The van der Waals surface area contributed by atoms with E-state index in [0.717, 1.165) is 0 Å². The van der Waals surface area contributed by atoms with Gasteiger partial charge in [0.15, 0.2) is 6.10 Å². The average Bonchev–Trinajstić information content (AvgIpc) is 2.42. The standard InChI is InChI=1S/C15H22O9/c1-7-13(21-9(3)17)12(6-20-8(2)16)24-15(23-11(5)19)14(7)22-10(4)18/h7,12-15H,6H2,1-5H3. The molecule has 0 radical (unpaired) electrons. The van der Waals surface area contributed by atoms with E-state index in [1.54, 1.807) is 6.92 Å². The third-order valence-electron chi connectivity index (χ3n) is 3.32. The zero-order valence-corrected chi connectivity index (χ0v) is 14.3. The third kappa shape index (κ3) is 5.80. The minimum Gasteiger partial charge on any atom is -0.463 e. The van der Waals surface area contributed by atoms with Crippen LogP contribution in [-0.2, 0) is 42.9 Å². The molecule has 5 atom stereocenters. The Hall–Kier alpha value is -2.16. The molecule has 0 amide bonds. The van der Waals surface area contributed by atoms with Crippen molar-refractivity contribution in [2.75, 3.05) is 6.61 Å². The van der Waals surface area contributed by atoms with Gasteiger partial charge in [0.2, 0.25) is 6.29 Å². The number of carbonyl (C=O) groups excluding carboxylic acids is 4. The van der Waals surface area contributed by atoms with Gasteiger partial charge in [0, 0.05) is 33.6 Å². The fourth-order valence-corrected chi connectivity index (χ4v) is 2.42. The highest BCUT2D eigenvalue weighted by atomic mass is 16.7. The predicted molar refractivity (Wildman–Crippen MR) is 77.3 cm³/mol. The van der Waals surface area contributed by atoms with E-state index in [-0.39, 0.29) is 6.61 Å². The van der Waals surface area contributed by atoms with Crippen LogP contribution >= 0.6 is 0 Å². The maximum atomic E-state index is 11.4. The summed E-state index contributed by atoms with van der Waals surface area (Å²) in [5, 5.41) is 0. The Labute approximate surface area is 139 Å². The van der Waals surface area contributed by atoms with Gasteiger partial charge in [-0.1, -0.05) is 6.92 Å². The summed E-state index contributed by atoms with van der Waals surface area (Å²) < 4.78 is 25.9. The Morgan fingerprint density at radius 1 is 0.792 bits per heavy atom. The van der Waals surface area contributed by atoms with Gasteiger partial charge in [0.05, 0.1) is 0 Å². The molecule has 5 unspecified atom stereocenters. The summed E-state index contributed by atoms with van der Waals surface area (Å²) >= 11 is 0. The van der Waals surface area contributed by atoms with Crippen molar-refractivity contribution in [1.29, 1.82) is 0 Å². The van der Waals surface area contributed by atoms with E-state index in [9.17, 15) is 19.2 Å². The molecule has 0 aromatic rings. The van der Waals surface area contributed by atoms with Crippen LogP contribution in [0.1, 0.15) is 34.6 Å². The first-order valence-corrected chi connectivity index (χ1v) is 7.42. The molecule has 1 saturated heterocycles. The van der Waals surface area contributed by atoms with Crippen LogP contribution in [0.4, 0.5) is 0 Å². The minimum absolute atomic E-state index is 0.206. The highest BCUT2D eigenvalue weighted by molar-refractivity contribution is 5.68. The lowest BCUT2D eigenvalue weighted by atomic mass is 9.90. The summed E-state index contributed by atoms with van der Waals surface area (Å²) in [5.41, 5.74) is 0. The molecule has 9 nitrogen and oxygen atoms in total. The Morgan fingerprint density at radius 2 is 1.29 bits per heavy atom. The Bertz CT molecular complexity index is 499. The van der Waals surface area contributed by atoms with Gasteiger partial charge in [0.1, 0.15) is 18.8 Å². The van der Waals surface area contributed by atoms with Gasteiger partial charge in [-0.05, 0) is 0 Å². The Balaban J connectivity index is 3.04. The van der Waals surface area contributed by atoms with Crippen LogP contribution in [0, 0.1) is 5.92 Å². The van der Waals surface area contributed by atoms with Crippen molar-refractivity contribution in [3.05, 3.63) is 0 Å². The summed E-state index contributed by atoms with van der Waals surface area (Å²) in [6.45, 7) is 6.26. The van der Waals surface area contributed by atoms with Gasteiger partial charge < -0.3 is 23.7 Å². The topological polar surface area (TPSA) is 114 Å².